The topological polar surface area (TPSA) is 23.8 Å². The minimum absolute atomic E-state index is 0.235. The molecule has 96 valence electrons. The third-order valence-corrected chi connectivity index (χ3v) is 4.01. The van der Waals surface area contributed by atoms with Gasteiger partial charge in [0.25, 0.3) is 0 Å². The van der Waals surface area contributed by atoms with Crippen LogP contribution in [0.2, 0.25) is 20.1 Å². The molecule has 5 heteroatoms. The zero-order chi connectivity index (χ0) is 14.0. The molecule has 0 aliphatic carbocycles. The van der Waals surface area contributed by atoms with Gasteiger partial charge >= 0.3 is 0 Å². The van der Waals surface area contributed by atoms with Gasteiger partial charge in [-0.3, -0.25) is 0 Å². The van der Waals surface area contributed by atoms with Crippen molar-refractivity contribution in [1.82, 2.24) is 0 Å². The van der Waals surface area contributed by atoms with Gasteiger partial charge in [-0.25, -0.2) is 0 Å². The maximum atomic E-state index is 8.77. The number of rotatable bonds is 2. The molecule has 0 aromatic heterocycles. The van der Waals surface area contributed by atoms with Crippen LogP contribution in [0.25, 0.3) is 11.1 Å². The van der Waals surface area contributed by atoms with Gasteiger partial charge in [0.1, 0.15) is 0 Å². The second-order valence-electron chi connectivity index (χ2n) is 3.89. The van der Waals surface area contributed by atoms with E-state index in [2.05, 4.69) is 6.07 Å². The molecule has 0 N–H and O–H groups in total. The second-order valence-corrected chi connectivity index (χ2v) is 5.52. The molecule has 2 aromatic rings. The molecule has 2 rings (SSSR count). The van der Waals surface area contributed by atoms with Crippen molar-refractivity contribution in [2.75, 3.05) is 0 Å². The van der Waals surface area contributed by atoms with Crippen LogP contribution in [0.5, 0.6) is 0 Å². The fourth-order valence-electron chi connectivity index (χ4n) is 1.73. The third kappa shape index (κ3) is 3.16. The monoisotopic (exact) mass is 329 g/mol. The summed E-state index contributed by atoms with van der Waals surface area (Å²) in [6.45, 7) is 0. The molecule has 0 aliphatic heterocycles. The molecule has 0 fully saturated rings. The van der Waals surface area contributed by atoms with Gasteiger partial charge in [0.05, 0.1) is 22.5 Å². The highest BCUT2D eigenvalue weighted by atomic mass is 35.5. The number of hydrogen-bond acceptors (Lipinski definition) is 1. The molecule has 0 spiro atoms. The first-order valence-corrected chi connectivity index (χ1v) is 6.84. The Morgan fingerprint density at radius 1 is 0.947 bits per heavy atom. The number of benzene rings is 2. The zero-order valence-corrected chi connectivity index (χ0v) is 12.6. The maximum Gasteiger partial charge on any atom is 0.0671 e. The van der Waals surface area contributed by atoms with Crippen LogP contribution in [-0.4, -0.2) is 0 Å². The Labute approximate surface area is 131 Å². The first kappa shape index (κ1) is 14.5. The summed E-state index contributed by atoms with van der Waals surface area (Å²) in [5.41, 5.74) is 2.29. The van der Waals surface area contributed by atoms with Crippen LogP contribution in [-0.2, 0) is 6.42 Å². The van der Waals surface area contributed by atoms with Crippen LogP contribution in [0.15, 0.2) is 30.3 Å². The summed E-state index contributed by atoms with van der Waals surface area (Å²) in [6, 6.07) is 10.8. The Hall–Kier alpha value is -0.910. The van der Waals surface area contributed by atoms with Crippen LogP contribution in [0.1, 0.15) is 5.56 Å². The smallest absolute Gasteiger partial charge is 0.0671 e. The van der Waals surface area contributed by atoms with E-state index in [9.17, 15) is 0 Å². The summed E-state index contributed by atoms with van der Waals surface area (Å²) >= 11 is 24.2. The van der Waals surface area contributed by atoms with E-state index in [1.54, 1.807) is 18.2 Å². The summed E-state index contributed by atoms with van der Waals surface area (Å²) < 4.78 is 0. The van der Waals surface area contributed by atoms with E-state index in [1.807, 2.05) is 12.1 Å². The Morgan fingerprint density at radius 3 is 2.37 bits per heavy atom. The number of halogens is 4. The van der Waals surface area contributed by atoms with Gasteiger partial charge in [0.2, 0.25) is 0 Å². The van der Waals surface area contributed by atoms with Gasteiger partial charge in [-0.15, -0.1) is 0 Å². The highest BCUT2D eigenvalue weighted by molar-refractivity contribution is 6.45. The highest BCUT2D eigenvalue weighted by Crippen LogP contribution is 2.37. The van der Waals surface area contributed by atoms with Crippen molar-refractivity contribution in [3.8, 4) is 17.2 Å². The normalized spacial score (nSPS) is 10.3. The van der Waals surface area contributed by atoms with Gasteiger partial charge in [-0.05, 0) is 35.4 Å². The van der Waals surface area contributed by atoms with Crippen molar-refractivity contribution in [2.24, 2.45) is 0 Å². The zero-order valence-electron chi connectivity index (χ0n) is 9.55. The number of hydrogen-bond donors (Lipinski definition) is 0. The van der Waals surface area contributed by atoms with Crippen molar-refractivity contribution < 1.29 is 0 Å². The molecular weight excluding hydrogens is 324 g/mol. The third-order valence-electron chi connectivity index (χ3n) is 2.62. The average Bonchev–Trinajstić information content (AvgIpc) is 2.37. The van der Waals surface area contributed by atoms with Crippen LogP contribution in [0.4, 0.5) is 0 Å². The summed E-state index contributed by atoms with van der Waals surface area (Å²) in [5.74, 6) is 0. The van der Waals surface area contributed by atoms with Crippen LogP contribution in [0, 0.1) is 11.3 Å². The number of nitrogens with zero attached hydrogens (tertiary/aromatic N) is 1. The fourth-order valence-corrected chi connectivity index (χ4v) is 2.62. The standard InChI is InChI=1S/C14H7Cl4N/c15-10-6-11(14(18)13(17)7-10)8-1-2-12(16)9(5-8)3-4-19/h1-2,5-7H,3H2. The largest absolute Gasteiger partial charge is 0.198 e. The minimum Gasteiger partial charge on any atom is -0.198 e. The molecule has 1 nitrogen and oxygen atoms in total. The van der Waals surface area contributed by atoms with Crippen molar-refractivity contribution in [3.63, 3.8) is 0 Å². The SMILES string of the molecule is N#CCc1cc(-c2cc(Cl)cc(Cl)c2Cl)ccc1Cl. The van der Waals surface area contributed by atoms with Gasteiger partial charge in [0, 0.05) is 15.6 Å². The summed E-state index contributed by atoms with van der Waals surface area (Å²) in [5, 5.41) is 10.6. The van der Waals surface area contributed by atoms with E-state index in [0.717, 1.165) is 16.7 Å². The Balaban J connectivity index is 2.60. The molecular formula is C14H7Cl4N. The molecule has 0 atom stereocenters. The summed E-state index contributed by atoms with van der Waals surface area (Å²) in [6.07, 6.45) is 0.235. The molecule has 0 amide bonds. The lowest BCUT2D eigenvalue weighted by molar-refractivity contribution is 1.26. The summed E-state index contributed by atoms with van der Waals surface area (Å²) in [7, 11) is 0. The van der Waals surface area contributed by atoms with Gasteiger partial charge in [0.15, 0.2) is 0 Å². The molecule has 0 aliphatic rings. The first-order chi connectivity index (χ1) is 9.02. The average molecular weight is 331 g/mol. The first-order valence-electron chi connectivity index (χ1n) is 5.33. The number of nitriles is 1. The van der Waals surface area contributed by atoms with Crippen molar-refractivity contribution in [3.05, 3.63) is 56.0 Å². The molecule has 0 saturated heterocycles. The fraction of sp³-hybridized carbons (Fsp3) is 0.0714. The van der Waals surface area contributed by atoms with Gasteiger partial charge in [-0.2, -0.15) is 5.26 Å². The lowest BCUT2D eigenvalue weighted by Crippen LogP contribution is -1.87. The van der Waals surface area contributed by atoms with Gasteiger partial charge in [-0.1, -0.05) is 52.5 Å². The lowest BCUT2D eigenvalue weighted by atomic mass is 10.0. The minimum atomic E-state index is 0.235. The van der Waals surface area contributed by atoms with E-state index < -0.39 is 0 Å². The maximum absolute atomic E-state index is 8.77. The molecule has 0 bridgehead atoms. The highest BCUT2D eigenvalue weighted by Gasteiger charge is 2.11. The van der Waals surface area contributed by atoms with E-state index in [1.165, 1.54) is 0 Å². The summed E-state index contributed by atoms with van der Waals surface area (Å²) in [4.78, 5) is 0. The predicted molar refractivity (Wildman–Crippen MR) is 81.2 cm³/mol. The van der Waals surface area contributed by atoms with Crippen molar-refractivity contribution in [2.45, 2.75) is 6.42 Å². The molecule has 19 heavy (non-hydrogen) atoms. The van der Waals surface area contributed by atoms with Crippen LogP contribution in [0.3, 0.4) is 0 Å². The molecule has 0 radical (unpaired) electrons. The lowest BCUT2D eigenvalue weighted by Gasteiger charge is -2.09. The van der Waals surface area contributed by atoms with E-state index >= 15 is 0 Å². The molecule has 0 heterocycles. The molecule has 0 unspecified atom stereocenters. The Kier molecular flexibility index (Phi) is 4.60. The predicted octanol–water partition coefficient (Wildman–Crippen LogP) is 6.03. The van der Waals surface area contributed by atoms with Crippen LogP contribution < -0.4 is 0 Å². The van der Waals surface area contributed by atoms with Crippen LogP contribution >= 0.6 is 46.4 Å². The van der Waals surface area contributed by atoms with E-state index in [0.29, 0.717) is 20.1 Å². The van der Waals surface area contributed by atoms with Gasteiger partial charge < -0.3 is 0 Å². The molecule has 2 aromatic carbocycles. The van der Waals surface area contributed by atoms with Crippen molar-refractivity contribution >= 4 is 46.4 Å². The van der Waals surface area contributed by atoms with E-state index in [4.69, 9.17) is 51.7 Å². The Morgan fingerprint density at radius 2 is 1.68 bits per heavy atom. The Bertz CT molecular complexity index is 674. The van der Waals surface area contributed by atoms with E-state index in [-0.39, 0.29) is 6.42 Å². The second kappa shape index (κ2) is 6.03. The van der Waals surface area contributed by atoms with Crippen molar-refractivity contribution in [1.29, 1.82) is 5.26 Å². The molecule has 0 saturated carbocycles. The quantitative estimate of drug-likeness (QED) is 0.616.